The number of hydrogen-bond donors (Lipinski definition) is 2. The topological polar surface area (TPSA) is 44.5 Å². The molecule has 0 amide bonds. The minimum Gasteiger partial charge on any atom is -0.338 e. The van der Waals surface area contributed by atoms with E-state index < -0.39 is 0 Å². The molecule has 0 aliphatic rings. The van der Waals surface area contributed by atoms with Crippen LogP contribution in [-0.4, -0.2) is 15.0 Å². The zero-order valence-electron chi connectivity index (χ0n) is 10.8. The summed E-state index contributed by atoms with van der Waals surface area (Å²) in [7, 11) is 0. The number of imidazole rings is 1. The van der Waals surface area contributed by atoms with Gasteiger partial charge in [-0.3, -0.25) is 0 Å². The summed E-state index contributed by atoms with van der Waals surface area (Å²) in [5, 5.41) is 1.18. The third kappa shape index (κ3) is 1.80. The van der Waals surface area contributed by atoms with E-state index in [0.29, 0.717) is 0 Å². The lowest BCUT2D eigenvalue weighted by molar-refractivity contribution is 1.27. The Hall–Kier alpha value is -2.81. The first kappa shape index (κ1) is 11.1. The van der Waals surface area contributed by atoms with Crippen molar-refractivity contribution < 1.29 is 0 Å². The lowest BCUT2D eigenvalue weighted by atomic mass is 10.2. The Morgan fingerprint density at radius 3 is 2.50 bits per heavy atom. The molecule has 0 radical (unpaired) electrons. The Balaban J connectivity index is 1.76. The van der Waals surface area contributed by atoms with Gasteiger partial charge in [-0.1, -0.05) is 54.6 Å². The fraction of sp³-hybridized carbons (Fsp3) is 0. The van der Waals surface area contributed by atoms with E-state index >= 15 is 0 Å². The van der Waals surface area contributed by atoms with Crippen LogP contribution in [0.1, 0.15) is 11.4 Å². The van der Waals surface area contributed by atoms with E-state index in [1.54, 1.807) is 0 Å². The first-order valence-corrected chi connectivity index (χ1v) is 6.60. The van der Waals surface area contributed by atoms with Crippen molar-refractivity contribution in [2.45, 2.75) is 0 Å². The van der Waals surface area contributed by atoms with Crippen molar-refractivity contribution in [1.29, 1.82) is 0 Å². The van der Waals surface area contributed by atoms with Gasteiger partial charge in [0.05, 0.1) is 5.52 Å². The lowest BCUT2D eigenvalue weighted by Gasteiger charge is -1.90. The second-order valence-corrected chi connectivity index (χ2v) is 4.76. The van der Waals surface area contributed by atoms with Gasteiger partial charge in [-0.05, 0) is 17.7 Å². The Morgan fingerprint density at radius 2 is 1.60 bits per heavy atom. The fourth-order valence-electron chi connectivity index (χ4n) is 2.43. The van der Waals surface area contributed by atoms with Crippen LogP contribution in [0.2, 0.25) is 0 Å². The van der Waals surface area contributed by atoms with Crippen LogP contribution in [-0.2, 0) is 0 Å². The summed E-state index contributed by atoms with van der Waals surface area (Å²) < 4.78 is 0. The Kier molecular flexibility index (Phi) is 2.42. The molecule has 2 heterocycles. The first-order chi connectivity index (χ1) is 9.90. The first-order valence-electron chi connectivity index (χ1n) is 6.60. The Labute approximate surface area is 116 Å². The maximum atomic E-state index is 4.57. The Bertz CT molecular complexity index is 898. The number of nitrogens with one attached hydrogen (secondary N) is 2. The van der Waals surface area contributed by atoms with Crippen molar-refractivity contribution in [2.24, 2.45) is 0 Å². The van der Waals surface area contributed by atoms with Crippen molar-refractivity contribution in [3.63, 3.8) is 0 Å². The molecule has 3 heteroatoms. The standard InChI is InChI=1S/C17H13N3/c1-2-6-12(7-3-1)10-11-15-19-16-13-8-4-5-9-14(13)18-17(16)20-15/h1-11,18H,(H,19,20)/b11-10+. The molecule has 0 fully saturated rings. The van der Waals surface area contributed by atoms with Gasteiger partial charge in [-0.2, -0.15) is 0 Å². The van der Waals surface area contributed by atoms with Crippen LogP contribution < -0.4 is 0 Å². The number of rotatable bonds is 2. The number of nitrogens with zero attached hydrogens (tertiary/aromatic N) is 1. The maximum absolute atomic E-state index is 4.57. The predicted octanol–water partition coefficient (Wildman–Crippen LogP) is 4.21. The van der Waals surface area contributed by atoms with Crippen LogP contribution >= 0.6 is 0 Å². The van der Waals surface area contributed by atoms with Crippen LogP contribution in [0.15, 0.2) is 54.6 Å². The molecule has 4 aromatic rings. The van der Waals surface area contributed by atoms with Gasteiger partial charge in [0.25, 0.3) is 0 Å². The zero-order valence-corrected chi connectivity index (χ0v) is 10.8. The minimum atomic E-state index is 0.862. The molecule has 2 N–H and O–H groups in total. The quantitative estimate of drug-likeness (QED) is 0.556. The fourth-order valence-corrected chi connectivity index (χ4v) is 2.43. The highest BCUT2D eigenvalue weighted by Crippen LogP contribution is 2.23. The molecule has 0 bridgehead atoms. The zero-order chi connectivity index (χ0) is 13.4. The summed E-state index contributed by atoms with van der Waals surface area (Å²) in [5.74, 6) is 0.862. The van der Waals surface area contributed by atoms with Gasteiger partial charge in [-0.25, -0.2) is 4.98 Å². The third-order valence-electron chi connectivity index (χ3n) is 3.40. The Morgan fingerprint density at radius 1 is 0.800 bits per heavy atom. The largest absolute Gasteiger partial charge is 0.338 e. The molecule has 0 unspecified atom stereocenters. The average Bonchev–Trinajstić information content (AvgIpc) is 3.03. The van der Waals surface area contributed by atoms with Gasteiger partial charge in [0.15, 0.2) is 5.65 Å². The normalized spacial score (nSPS) is 11.8. The smallest absolute Gasteiger partial charge is 0.157 e. The molecule has 2 aromatic carbocycles. The molecule has 0 aliphatic carbocycles. The van der Waals surface area contributed by atoms with Gasteiger partial charge in [0.1, 0.15) is 5.82 Å². The van der Waals surface area contributed by atoms with E-state index in [2.05, 4.69) is 45.3 Å². The second-order valence-electron chi connectivity index (χ2n) is 4.76. The van der Waals surface area contributed by atoms with E-state index in [4.69, 9.17) is 0 Å². The third-order valence-corrected chi connectivity index (χ3v) is 3.40. The predicted molar refractivity (Wildman–Crippen MR) is 83.3 cm³/mol. The average molecular weight is 259 g/mol. The molecular formula is C17H13N3. The number of aromatic nitrogens is 3. The van der Waals surface area contributed by atoms with Crippen molar-refractivity contribution in [2.75, 3.05) is 0 Å². The molecule has 20 heavy (non-hydrogen) atoms. The van der Waals surface area contributed by atoms with Crippen molar-refractivity contribution in [3.05, 3.63) is 66.0 Å². The molecule has 0 aliphatic heterocycles. The van der Waals surface area contributed by atoms with Gasteiger partial charge in [0, 0.05) is 10.9 Å². The lowest BCUT2D eigenvalue weighted by Crippen LogP contribution is -1.76. The summed E-state index contributed by atoms with van der Waals surface area (Å²) in [6.45, 7) is 0. The number of aromatic amines is 2. The van der Waals surface area contributed by atoms with Gasteiger partial charge < -0.3 is 9.97 Å². The molecule has 3 nitrogen and oxygen atoms in total. The number of H-pyrrole nitrogens is 2. The minimum absolute atomic E-state index is 0.862. The molecule has 0 saturated carbocycles. The summed E-state index contributed by atoms with van der Waals surface area (Å²) in [6.07, 6.45) is 4.05. The highest BCUT2D eigenvalue weighted by atomic mass is 15.0. The van der Waals surface area contributed by atoms with Crippen LogP contribution in [0, 0.1) is 0 Å². The maximum Gasteiger partial charge on any atom is 0.157 e. The summed E-state index contributed by atoms with van der Waals surface area (Å²) in [5.41, 5.74) is 4.24. The molecule has 2 aromatic heterocycles. The van der Waals surface area contributed by atoms with Crippen LogP contribution in [0.4, 0.5) is 0 Å². The number of benzene rings is 2. The summed E-state index contributed by atoms with van der Waals surface area (Å²) in [6, 6.07) is 18.4. The molecular weight excluding hydrogens is 246 g/mol. The molecule has 0 spiro atoms. The number of para-hydroxylation sites is 1. The van der Waals surface area contributed by atoms with E-state index in [1.165, 1.54) is 5.39 Å². The van der Waals surface area contributed by atoms with Crippen molar-refractivity contribution >= 4 is 34.2 Å². The van der Waals surface area contributed by atoms with Gasteiger partial charge >= 0.3 is 0 Å². The van der Waals surface area contributed by atoms with E-state index in [1.807, 2.05) is 36.4 Å². The van der Waals surface area contributed by atoms with Gasteiger partial charge in [0.2, 0.25) is 0 Å². The number of fused-ring (bicyclic) bond motifs is 3. The molecule has 0 atom stereocenters. The number of hydrogen-bond acceptors (Lipinski definition) is 1. The van der Waals surface area contributed by atoms with E-state index in [0.717, 1.165) is 28.1 Å². The SMILES string of the molecule is C(=C\c1nc2[nH]c3ccccc3c2[nH]1)/c1ccccc1. The van der Waals surface area contributed by atoms with Crippen LogP contribution in [0.25, 0.3) is 34.2 Å². The highest BCUT2D eigenvalue weighted by molar-refractivity contribution is 6.04. The monoisotopic (exact) mass is 259 g/mol. The molecule has 0 saturated heterocycles. The van der Waals surface area contributed by atoms with Crippen molar-refractivity contribution in [3.8, 4) is 0 Å². The summed E-state index contributed by atoms with van der Waals surface area (Å²) >= 11 is 0. The van der Waals surface area contributed by atoms with E-state index in [-0.39, 0.29) is 0 Å². The van der Waals surface area contributed by atoms with Gasteiger partial charge in [-0.15, -0.1) is 0 Å². The van der Waals surface area contributed by atoms with Crippen molar-refractivity contribution in [1.82, 2.24) is 15.0 Å². The van der Waals surface area contributed by atoms with E-state index in [9.17, 15) is 0 Å². The highest BCUT2D eigenvalue weighted by Gasteiger charge is 2.07. The van der Waals surface area contributed by atoms with Crippen LogP contribution in [0.3, 0.4) is 0 Å². The second kappa shape index (κ2) is 4.38. The molecule has 4 rings (SSSR count). The molecule has 96 valence electrons. The van der Waals surface area contributed by atoms with Crippen LogP contribution in [0.5, 0.6) is 0 Å². The summed E-state index contributed by atoms with van der Waals surface area (Å²) in [4.78, 5) is 11.2.